The normalized spacial score (nSPS) is 10.2. The van der Waals surface area contributed by atoms with Crippen molar-refractivity contribution in [1.29, 1.82) is 0 Å². The van der Waals surface area contributed by atoms with Crippen LogP contribution in [0.1, 0.15) is 20.7 Å². The Kier molecular flexibility index (Phi) is 5.81. The molecule has 2 aromatic rings. The number of nitrogens with one attached hydrogen (secondary N) is 2. The highest BCUT2D eigenvalue weighted by atomic mass is 79.9. The fourth-order valence-corrected chi connectivity index (χ4v) is 2.09. The molecule has 2 N–H and O–H groups in total. The van der Waals surface area contributed by atoms with Crippen molar-refractivity contribution in [3.05, 3.63) is 69.7 Å². The number of benzene rings is 2. The Bertz CT molecular complexity index is 721. The SMILES string of the molecule is O=C(NCCNC(=O)c1ccc(F)cc1F)c1ccc(Br)cc1. The van der Waals surface area contributed by atoms with Crippen LogP contribution in [0, 0.1) is 11.6 Å². The molecule has 0 aliphatic heterocycles. The van der Waals surface area contributed by atoms with Crippen LogP contribution in [0.4, 0.5) is 8.78 Å². The second-order valence-electron chi connectivity index (χ2n) is 4.64. The third kappa shape index (κ3) is 4.85. The molecule has 0 radical (unpaired) electrons. The zero-order valence-corrected chi connectivity index (χ0v) is 13.5. The predicted molar refractivity (Wildman–Crippen MR) is 85.2 cm³/mol. The van der Waals surface area contributed by atoms with Crippen molar-refractivity contribution in [3.8, 4) is 0 Å². The Morgan fingerprint density at radius 2 is 1.52 bits per heavy atom. The van der Waals surface area contributed by atoms with E-state index in [0.29, 0.717) is 11.6 Å². The second-order valence-corrected chi connectivity index (χ2v) is 5.56. The Labute approximate surface area is 140 Å². The number of carbonyl (C=O) groups is 2. The Hall–Kier alpha value is -2.28. The van der Waals surface area contributed by atoms with Gasteiger partial charge in [-0.2, -0.15) is 0 Å². The molecule has 0 atom stereocenters. The topological polar surface area (TPSA) is 58.2 Å². The maximum atomic E-state index is 13.4. The lowest BCUT2D eigenvalue weighted by Crippen LogP contribution is -2.35. The van der Waals surface area contributed by atoms with Crippen molar-refractivity contribution in [1.82, 2.24) is 10.6 Å². The molecule has 7 heteroatoms. The van der Waals surface area contributed by atoms with Crippen LogP contribution in [-0.2, 0) is 0 Å². The average molecular weight is 383 g/mol. The van der Waals surface area contributed by atoms with E-state index in [1.807, 2.05) is 0 Å². The van der Waals surface area contributed by atoms with Gasteiger partial charge in [0.05, 0.1) is 5.56 Å². The molecule has 0 spiro atoms. The minimum atomic E-state index is -0.929. The first-order chi connectivity index (χ1) is 11.0. The summed E-state index contributed by atoms with van der Waals surface area (Å²) in [4.78, 5) is 23.6. The third-order valence-electron chi connectivity index (χ3n) is 2.98. The maximum Gasteiger partial charge on any atom is 0.254 e. The number of halogens is 3. The molecular weight excluding hydrogens is 370 g/mol. The summed E-state index contributed by atoms with van der Waals surface area (Å²) in [6.45, 7) is 0.307. The van der Waals surface area contributed by atoms with Gasteiger partial charge in [0.1, 0.15) is 11.6 Å². The van der Waals surface area contributed by atoms with E-state index in [2.05, 4.69) is 26.6 Å². The Morgan fingerprint density at radius 3 is 2.13 bits per heavy atom. The van der Waals surface area contributed by atoms with Crippen molar-refractivity contribution in [2.75, 3.05) is 13.1 Å². The smallest absolute Gasteiger partial charge is 0.254 e. The van der Waals surface area contributed by atoms with E-state index in [0.717, 1.165) is 16.6 Å². The van der Waals surface area contributed by atoms with E-state index in [1.165, 1.54) is 0 Å². The first kappa shape index (κ1) is 17.1. The van der Waals surface area contributed by atoms with Gasteiger partial charge in [0.15, 0.2) is 0 Å². The lowest BCUT2D eigenvalue weighted by molar-refractivity contribution is 0.0925. The van der Waals surface area contributed by atoms with Crippen molar-refractivity contribution >= 4 is 27.7 Å². The summed E-state index contributed by atoms with van der Waals surface area (Å²) in [5.41, 5.74) is 0.245. The molecule has 0 fully saturated rings. The molecule has 4 nitrogen and oxygen atoms in total. The van der Waals surface area contributed by atoms with E-state index in [9.17, 15) is 18.4 Å². The van der Waals surface area contributed by atoms with Crippen LogP contribution >= 0.6 is 15.9 Å². The Morgan fingerprint density at radius 1 is 0.913 bits per heavy atom. The summed E-state index contributed by atoms with van der Waals surface area (Å²) >= 11 is 3.27. The quantitative estimate of drug-likeness (QED) is 0.781. The maximum absolute atomic E-state index is 13.4. The second kappa shape index (κ2) is 7.82. The molecule has 23 heavy (non-hydrogen) atoms. The molecule has 0 aliphatic carbocycles. The molecule has 0 aromatic heterocycles. The van der Waals surface area contributed by atoms with Gasteiger partial charge in [-0.05, 0) is 36.4 Å². The summed E-state index contributed by atoms with van der Waals surface area (Å²) in [5.74, 6) is -2.62. The molecule has 0 bridgehead atoms. The zero-order chi connectivity index (χ0) is 16.8. The highest BCUT2D eigenvalue weighted by Crippen LogP contribution is 2.10. The van der Waals surface area contributed by atoms with Gasteiger partial charge in [0.2, 0.25) is 0 Å². The molecule has 2 aromatic carbocycles. The third-order valence-corrected chi connectivity index (χ3v) is 3.51. The fourth-order valence-electron chi connectivity index (χ4n) is 1.82. The lowest BCUT2D eigenvalue weighted by Gasteiger charge is -2.08. The summed E-state index contributed by atoms with van der Waals surface area (Å²) in [6, 6.07) is 9.53. The van der Waals surface area contributed by atoms with Gasteiger partial charge in [-0.25, -0.2) is 8.78 Å². The van der Waals surface area contributed by atoms with Gasteiger partial charge in [-0.1, -0.05) is 15.9 Å². The fraction of sp³-hybridized carbons (Fsp3) is 0.125. The van der Waals surface area contributed by atoms with Gasteiger partial charge in [0.25, 0.3) is 11.8 Å². The standard InChI is InChI=1S/C16H13BrF2N2O2/c17-11-3-1-10(2-4-11)15(22)20-7-8-21-16(23)13-6-5-12(18)9-14(13)19/h1-6,9H,7-8H2,(H,20,22)(H,21,23). The molecule has 120 valence electrons. The monoisotopic (exact) mass is 382 g/mol. The molecule has 2 rings (SSSR count). The van der Waals surface area contributed by atoms with Crippen molar-refractivity contribution in [2.24, 2.45) is 0 Å². The number of hydrogen-bond donors (Lipinski definition) is 2. The zero-order valence-electron chi connectivity index (χ0n) is 11.9. The average Bonchev–Trinajstić information content (AvgIpc) is 2.51. The number of rotatable bonds is 5. The van der Waals surface area contributed by atoms with Crippen molar-refractivity contribution < 1.29 is 18.4 Å². The molecule has 0 aliphatic rings. The van der Waals surface area contributed by atoms with Crippen LogP contribution in [0.3, 0.4) is 0 Å². The van der Waals surface area contributed by atoms with Gasteiger partial charge in [-0.3, -0.25) is 9.59 Å². The van der Waals surface area contributed by atoms with E-state index in [4.69, 9.17) is 0 Å². The highest BCUT2D eigenvalue weighted by Gasteiger charge is 2.12. The summed E-state index contributed by atoms with van der Waals surface area (Å²) < 4.78 is 27.1. The van der Waals surface area contributed by atoms with Crippen LogP contribution in [0.5, 0.6) is 0 Å². The minimum Gasteiger partial charge on any atom is -0.350 e. The molecule has 0 saturated carbocycles. The van der Waals surface area contributed by atoms with Gasteiger partial charge < -0.3 is 10.6 Å². The largest absolute Gasteiger partial charge is 0.350 e. The lowest BCUT2D eigenvalue weighted by atomic mass is 10.2. The summed E-state index contributed by atoms with van der Waals surface area (Å²) in [7, 11) is 0. The van der Waals surface area contributed by atoms with Crippen LogP contribution in [0.15, 0.2) is 46.9 Å². The Balaban J connectivity index is 1.79. The van der Waals surface area contributed by atoms with E-state index in [1.54, 1.807) is 24.3 Å². The molecule has 0 saturated heterocycles. The molecular formula is C16H13BrF2N2O2. The first-order valence-corrected chi connectivity index (χ1v) is 7.53. The van der Waals surface area contributed by atoms with E-state index >= 15 is 0 Å². The van der Waals surface area contributed by atoms with Crippen LogP contribution < -0.4 is 10.6 Å². The predicted octanol–water partition coefficient (Wildman–Crippen LogP) is 2.89. The van der Waals surface area contributed by atoms with Crippen LogP contribution in [0.2, 0.25) is 0 Å². The van der Waals surface area contributed by atoms with Crippen LogP contribution in [0.25, 0.3) is 0 Å². The number of carbonyl (C=O) groups excluding carboxylic acids is 2. The molecule has 0 unspecified atom stereocenters. The summed E-state index contributed by atoms with van der Waals surface area (Å²) in [5, 5.41) is 5.08. The van der Waals surface area contributed by atoms with Crippen molar-refractivity contribution in [2.45, 2.75) is 0 Å². The highest BCUT2D eigenvalue weighted by molar-refractivity contribution is 9.10. The number of hydrogen-bond acceptors (Lipinski definition) is 2. The first-order valence-electron chi connectivity index (χ1n) is 6.74. The van der Waals surface area contributed by atoms with E-state index < -0.39 is 17.5 Å². The van der Waals surface area contributed by atoms with Gasteiger partial charge >= 0.3 is 0 Å². The summed E-state index contributed by atoms with van der Waals surface area (Å²) in [6.07, 6.45) is 0. The van der Waals surface area contributed by atoms with Gasteiger partial charge in [-0.15, -0.1) is 0 Å². The van der Waals surface area contributed by atoms with Crippen LogP contribution in [-0.4, -0.2) is 24.9 Å². The molecule has 2 amide bonds. The molecule has 0 heterocycles. The van der Waals surface area contributed by atoms with E-state index in [-0.39, 0.29) is 24.6 Å². The minimum absolute atomic E-state index is 0.123. The van der Waals surface area contributed by atoms with Crippen molar-refractivity contribution in [3.63, 3.8) is 0 Å². The number of amides is 2. The van der Waals surface area contributed by atoms with Gasteiger partial charge in [0, 0.05) is 29.2 Å².